The second kappa shape index (κ2) is 9.76. The number of hydrogen-bond donors (Lipinski definition) is 0. The highest BCUT2D eigenvalue weighted by atomic mass is 31.2. The SMILES string of the molecule is O=P(c1ccccc1)(c1ccccc1)c1cccc(-n2ccc3c2ccc2c4ccccc4n(-c4ccccc4)c23)c1. The second-order valence-corrected chi connectivity index (χ2v) is 13.3. The summed E-state index contributed by atoms with van der Waals surface area (Å²) in [7, 11) is -3.09. The molecule has 42 heavy (non-hydrogen) atoms. The Morgan fingerprint density at radius 3 is 1.74 bits per heavy atom. The Bertz CT molecular complexity index is 2220. The van der Waals surface area contributed by atoms with Crippen molar-refractivity contribution in [3.63, 3.8) is 0 Å². The summed E-state index contributed by atoms with van der Waals surface area (Å²) in [5.74, 6) is 0. The van der Waals surface area contributed by atoms with Crippen molar-refractivity contribution in [2.24, 2.45) is 0 Å². The van der Waals surface area contributed by atoms with Crippen LogP contribution in [0.4, 0.5) is 0 Å². The van der Waals surface area contributed by atoms with Crippen LogP contribution in [0.25, 0.3) is 44.1 Å². The second-order valence-electron chi connectivity index (χ2n) is 10.6. The molecule has 0 unspecified atom stereocenters. The molecule has 3 nitrogen and oxygen atoms in total. The van der Waals surface area contributed by atoms with E-state index >= 15 is 4.57 Å². The van der Waals surface area contributed by atoms with Crippen LogP contribution >= 0.6 is 7.14 Å². The zero-order valence-corrected chi connectivity index (χ0v) is 23.7. The van der Waals surface area contributed by atoms with E-state index in [1.807, 2.05) is 72.8 Å². The molecule has 0 aliphatic heterocycles. The fourth-order valence-electron chi connectivity index (χ4n) is 6.31. The maximum Gasteiger partial charge on any atom is 0.171 e. The van der Waals surface area contributed by atoms with Gasteiger partial charge in [-0.3, -0.25) is 0 Å². The number of nitrogens with zero attached hydrogens (tertiary/aromatic N) is 2. The van der Waals surface area contributed by atoms with Crippen LogP contribution in [0.5, 0.6) is 0 Å². The molecular weight excluding hydrogens is 531 g/mol. The summed E-state index contributed by atoms with van der Waals surface area (Å²) in [6, 6.07) is 53.7. The van der Waals surface area contributed by atoms with Crippen LogP contribution < -0.4 is 15.9 Å². The number of rotatable bonds is 5. The maximum atomic E-state index is 15.1. The number of aromatic nitrogens is 2. The Kier molecular flexibility index (Phi) is 5.73. The number of fused-ring (bicyclic) bond motifs is 5. The quantitative estimate of drug-likeness (QED) is 0.195. The molecular formula is C38H27N2OP. The van der Waals surface area contributed by atoms with Crippen molar-refractivity contribution in [2.75, 3.05) is 0 Å². The van der Waals surface area contributed by atoms with Crippen LogP contribution in [0.3, 0.4) is 0 Å². The van der Waals surface area contributed by atoms with E-state index in [0.29, 0.717) is 0 Å². The summed E-state index contributed by atoms with van der Waals surface area (Å²) in [4.78, 5) is 0. The van der Waals surface area contributed by atoms with Gasteiger partial charge in [0.05, 0.1) is 16.6 Å². The van der Waals surface area contributed by atoms with Crippen molar-refractivity contribution in [1.29, 1.82) is 0 Å². The molecule has 8 rings (SSSR count). The Morgan fingerprint density at radius 2 is 1.02 bits per heavy atom. The zero-order chi connectivity index (χ0) is 28.1. The average Bonchev–Trinajstić information content (AvgIpc) is 3.65. The van der Waals surface area contributed by atoms with Crippen LogP contribution in [-0.4, -0.2) is 9.13 Å². The first-order valence-electron chi connectivity index (χ1n) is 14.1. The predicted molar refractivity (Wildman–Crippen MR) is 177 cm³/mol. The Morgan fingerprint density at radius 1 is 0.429 bits per heavy atom. The van der Waals surface area contributed by atoms with Gasteiger partial charge in [-0.25, -0.2) is 0 Å². The lowest BCUT2D eigenvalue weighted by Gasteiger charge is -2.21. The topological polar surface area (TPSA) is 26.9 Å². The summed E-state index contributed by atoms with van der Waals surface area (Å²) in [6.07, 6.45) is 2.13. The third kappa shape index (κ3) is 3.71. The number of hydrogen-bond acceptors (Lipinski definition) is 1. The molecule has 0 amide bonds. The van der Waals surface area contributed by atoms with E-state index in [2.05, 4.69) is 100 Å². The molecule has 4 heteroatoms. The summed E-state index contributed by atoms with van der Waals surface area (Å²) in [5, 5.41) is 6.12. The van der Waals surface area contributed by atoms with Gasteiger partial charge in [0.25, 0.3) is 0 Å². The minimum atomic E-state index is -3.09. The number of benzene rings is 6. The third-order valence-corrected chi connectivity index (χ3v) is 11.3. The fraction of sp³-hybridized carbons (Fsp3) is 0. The molecule has 200 valence electrons. The Labute approximate surface area is 244 Å². The van der Waals surface area contributed by atoms with Gasteiger partial charge in [-0.05, 0) is 42.5 Å². The molecule has 0 saturated heterocycles. The van der Waals surface area contributed by atoms with E-state index < -0.39 is 7.14 Å². The van der Waals surface area contributed by atoms with Gasteiger partial charge >= 0.3 is 0 Å². The average molecular weight is 559 g/mol. The standard InChI is InChI=1S/C38H27N2OP/c41-42(30-16-6-2-7-17-30,31-18-8-3-9-19-31)32-20-12-15-29(27-32)39-26-25-35-36(39)24-23-34-33-21-10-11-22-37(33)40(38(34)35)28-13-4-1-5-14-28/h1-27H. The highest BCUT2D eigenvalue weighted by Crippen LogP contribution is 2.43. The molecule has 0 saturated carbocycles. The van der Waals surface area contributed by atoms with Crippen molar-refractivity contribution >= 4 is 55.8 Å². The minimum absolute atomic E-state index is 0.818. The molecule has 0 radical (unpaired) electrons. The van der Waals surface area contributed by atoms with Crippen LogP contribution in [0.2, 0.25) is 0 Å². The third-order valence-electron chi connectivity index (χ3n) is 8.23. The van der Waals surface area contributed by atoms with Gasteiger partial charge in [0, 0.05) is 49.6 Å². The van der Waals surface area contributed by atoms with Gasteiger partial charge in [-0.1, -0.05) is 115 Å². The fourth-order valence-corrected chi connectivity index (χ4v) is 9.00. The lowest BCUT2D eigenvalue weighted by molar-refractivity contribution is 0.592. The molecule has 0 bridgehead atoms. The first-order valence-corrected chi connectivity index (χ1v) is 15.8. The van der Waals surface area contributed by atoms with Crippen LogP contribution in [0.15, 0.2) is 164 Å². The lowest BCUT2D eigenvalue weighted by atomic mass is 10.1. The van der Waals surface area contributed by atoms with Gasteiger partial charge in [-0.15, -0.1) is 0 Å². The van der Waals surface area contributed by atoms with Crippen molar-refractivity contribution in [1.82, 2.24) is 9.13 Å². The molecule has 0 fully saturated rings. The normalized spacial score (nSPS) is 11.9. The molecule has 6 aromatic carbocycles. The molecule has 0 N–H and O–H groups in total. The summed E-state index contributed by atoms with van der Waals surface area (Å²) < 4.78 is 19.6. The van der Waals surface area contributed by atoms with Gasteiger partial charge in [0.2, 0.25) is 0 Å². The van der Waals surface area contributed by atoms with Crippen LogP contribution in [-0.2, 0) is 4.57 Å². The molecule has 0 aliphatic carbocycles. The monoisotopic (exact) mass is 558 g/mol. The predicted octanol–water partition coefficient (Wildman–Crippen LogP) is 8.37. The zero-order valence-electron chi connectivity index (χ0n) is 22.8. The Balaban J connectivity index is 1.36. The van der Waals surface area contributed by atoms with Crippen molar-refractivity contribution in [3.05, 3.63) is 164 Å². The molecule has 2 aromatic heterocycles. The van der Waals surface area contributed by atoms with E-state index in [1.54, 1.807) is 0 Å². The summed E-state index contributed by atoms with van der Waals surface area (Å²) >= 11 is 0. The van der Waals surface area contributed by atoms with Crippen molar-refractivity contribution in [3.8, 4) is 11.4 Å². The van der Waals surface area contributed by atoms with E-state index in [4.69, 9.17) is 0 Å². The van der Waals surface area contributed by atoms with Gasteiger partial charge < -0.3 is 13.7 Å². The highest BCUT2D eigenvalue weighted by Gasteiger charge is 2.30. The van der Waals surface area contributed by atoms with Crippen molar-refractivity contribution in [2.45, 2.75) is 0 Å². The van der Waals surface area contributed by atoms with Crippen LogP contribution in [0, 0.1) is 0 Å². The molecule has 0 spiro atoms. The van der Waals surface area contributed by atoms with Crippen LogP contribution in [0.1, 0.15) is 0 Å². The van der Waals surface area contributed by atoms with Crippen molar-refractivity contribution < 1.29 is 4.57 Å². The van der Waals surface area contributed by atoms with E-state index in [1.165, 1.54) is 27.2 Å². The molecule has 0 atom stereocenters. The van der Waals surface area contributed by atoms with Gasteiger partial charge in [-0.2, -0.15) is 0 Å². The molecule has 8 aromatic rings. The van der Waals surface area contributed by atoms with E-state index in [0.717, 1.165) is 32.8 Å². The van der Waals surface area contributed by atoms with E-state index in [9.17, 15) is 0 Å². The molecule has 0 aliphatic rings. The largest absolute Gasteiger partial charge is 0.316 e. The van der Waals surface area contributed by atoms with Gasteiger partial charge in [0.1, 0.15) is 0 Å². The summed E-state index contributed by atoms with van der Waals surface area (Å²) in [5.41, 5.74) is 5.60. The minimum Gasteiger partial charge on any atom is -0.316 e. The smallest absolute Gasteiger partial charge is 0.171 e. The first kappa shape index (κ1) is 24.7. The maximum absolute atomic E-state index is 15.1. The molecule has 2 heterocycles. The van der Waals surface area contributed by atoms with Gasteiger partial charge in [0.15, 0.2) is 7.14 Å². The first-order chi connectivity index (χ1) is 20.7. The van der Waals surface area contributed by atoms with E-state index in [-0.39, 0.29) is 0 Å². The Hall–Kier alpha value is -5.11. The lowest BCUT2D eigenvalue weighted by Crippen LogP contribution is -2.25. The highest BCUT2D eigenvalue weighted by molar-refractivity contribution is 7.85. The number of para-hydroxylation sites is 2. The summed E-state index contributed by atoms with van der Waals surface area (Å²) in [6.45, 7) is 0.